The average molecular weight is 248 g/mol. The number of nitrogens with one attached hydrogen (secondary N) is 2. The number of benzene rings is 1. The highest BCUT2D eigenvalue weighted by molar-refractivity contribution is 5.90. The zero-order valence-electron chi connectivity index (χ0n) is 9.93. The summed E-state index contributed by atoms with van der Waals surface area (Å²) in [5.74, 6) is -0.438. The Morgan fingerprint density at radius 2 is 2.06 bits per heavy atom. The summed E-state index contributed by atoms with van der Waals surface area (Å²) in [4.78, 5) is 24.6. The van der Waals surface area contributed by atoms with Crippen molar-refractivity contribution in [2.45, 2.75) is 6.04 Å². The second kappa shape index (κ2) is 5.50. The van der Waals surface area contributed by atoms with Crippen molar-refractivity contribution in [3.63, 3.8) is 0 Å². The predicted octanol–water partition coefficient (Wildman–Crippen LogP) is -0.0224. The van der Waals surface area contributed by atoms with Crippen LogP contribution >= 0.6 is 0 Å². The van der Waals surface area contributed by atoms with Gasteiger partial charge < -0.3 is 21.3 Å². The number of urea groups is 1. The lowest BCUT2D eigenvalue weighted by atomic mass is 10.2. The van der Waals surface area contributed by atoms with Crippen molar-refractivity contribution < 1.29 is 9.59 Å². The molecule has 1 fully saturated rings. The number of nitrogens with two attached hydrogens (primary N) is 1. The van der Waals surface area contributed by atoms with E-state index in [1.807, 2.05) is 30.3 Å². The van der Waals surface area contributed by atoms with Crippen molar-refractivity contribution in [3.05, 3.63) is 30.3 Å². The van der Waals surface area contributed by atoms with Gasteiger partial charge in [-0.05, 0) is 12.1 Å². The van der Waals surface area contributed by atoms with Crippen molar-refractivity contribution in [1.29, 1.82) is 0 Å². The summed E-state index contributed by atoms with van der Waals surface area (Å²) in [6, 6.07) is 8.51. The molecule has 96 valence electrons. The molecule has 6 nitrogen and oxygen atoms in total. The standard InChI is InChI=1S/C12H16N4O2/c13-11(17)10-8-16(7-6-14-10)12(18)15-9-4-2-1-3-5-9/h1-5,10,14H,6-8H2,(H2,13,17)(H,15,18). The molecule has 0 saturated carbocycles. The Labute approximate surface area is 105 Å². The molecule has 2 rings (SSSR count). The summed E-state index contributed by atoms with van der Waals surface area (Å²) in [7, 11) is 0. The number of piperazine rings is 1. The molecule has 0 radical (unpaired) electrons. The fourth-order valence-electron chi connectivity index (χ4n) is 1.85. The number of primary amides is 1. The second-order valence-corrected chi connectivity index (χ2v) is 4.15. The summed E-state index contributed by atoms with van der Waals surface area (Å²) in [6.07, 6.45) is 0. The van der Waals surface area contributed by atoms with Crippen LogP contribution in [-0.2, 0) is 4.79 Å². The Bertz CT molecular complexity index is 435. The van der Waals surface area contributed by atoms with E-state index in [0.29, 0.717) is 19.6 Å². The van der Waals surface area contributed by atoms with Gasteiger partial charge in [0.1, 0.15) is 6.04 Å². The molecule has 0 aromatic heterocycles. The Morgan fingerprint density at radius 3 is 2.72 bits per heavy atom. The summed E-state index contributed by atoms with van der Waals surface area (Å²) in [5.41, 5.74) is 5.96. The molecule has 0 bridgehead atoms. The van der Waals surface area contributed by atoms with Gasteiger partial charge in [-0.3, -0.25) is 4.79 Å². The molecule has 3 amide bonds. The smallest absolute Gasteiger partial charge is 0.321 e. The van der Waals surface area contributed by atoms with Gasteiger partial charge in [-0.1, -0.05) is 18.2 Å². The summed E-state index contributed by atoms with van der Waals surface area (Å²) >= 11 is 0. The number of para-hydroxylation sites is 1. The summed E-state index contributed by atoms with van der Waals surface area (Å²) in [5, 5.41) is 5.75. The van der Waals surface area contributed by atoms with E-state index >= 15 is 0 Å². The molecule has 1 aromatic rings. The molecule has 1 unspecified atom stereocenters. The average Bonchev–Trinajstić information content (AvgIpc) is 2.40. The van der Waals surface area contributed by atoms with Crippen molar-refractivity contribution in [2.24, 2.45) is 5.73 Å². The van der Waals surface area contributed by atoms with Gasteiger partial charge in [0.25, 0.3) is 0 Å². The third-order valence-electron chi connectivity index (χ3n) is 2.83. The molecule has 1 heterocycles. The first kappa shape index (κ1) is 12.4. The van der Waals surface area contributed by atoms with Crippen LogP contribution in [0.15, 0.2) is 30.3 Å². The van der Waals surface area contributed by atoms with Crippen LogP contribution in [0.3, 0.4) is 0 Å². The largest absolute Gasteiger partial charge is 0.368 e. The van der Waals surface area contributed by atoms with Gasteiger partial charge >= 0.3 is 6.03 Å². The minimum Gasteiger partial charge on any atom is -0.368 e. The van der Waals surface area contributed by atoms with E-state index in [1.54, 1.807) is 4.90 Å². The van der Waals surface area contributed by atoms with Crippen LogP contribution in [0.1, 0.15) is 0 Å². The van der Waals surface area contributed by atoms with Gasteiger partial charge in [0.15, 0.2) is 0 Å². The molecule has 0 spiro atoms. The maximum atomic E-state index is 12.0. The number of rotatable bonds is 2. The highest BCUT2D eigenvalue weighted by atomic mass is 16.2. The van der Waals surface area contributed by atoms with Gasteiger partial charge in [0.05, 0.1) is 0 Å². The lowest BCUT2D eigenvalue weighted by molar-refractivity contribution is -0.120. The van der Waals surface area contributed by atoms with Crippen LogP contribution in [0.2, 0.25) is 0 Å². The van der Waals surface area contributed by atoms with E-state index in [9.17, 15) is 9.59 Å². The number of hydrogen-bond donors (Lipinski definition) is 3. The summed E-state index contributed by atoms with van der Waals surface area (Å²) in [6.45, 7) is 1.42. The molecular formula is C12H16N4O2. The van der Waals surface area contributed by atoms with Crippen molar-refractivity contribution in [3.8, 4) is 0 Å². The maximum Gasteiger partial charge on any atom is 0.321 e. The molecule has 1 aliphatic rings. The number of amides is 3. The second-order valence-electron chi connectivity index (χ2n) is 4.15. The Hall–Kier alpha value is -2.08. The molecule has 1 atom stereocenters. The lowest BCUT2D eigenvalue weighted by Crippen LogP contribution is -2.58. The fraction of sp³-hybridized carbons (Fsp3) is 0.333. The molecule has 6 heteroatoms. The van der Waals surface area contributed by atoms with Crippen molar-refractivity contribution >= 4 is 17.6 Å². The Morgan fingerprint density at radius 1 is 1.33 bits per heavy atom. The number of nitrogens with zero attached hydrogens (tertiary/aromatic N) is 1. The molecule has 0 aliphatic carbocycles. The number of hydrogen-bond acceptors (Lipinski definition) is 3. The van der Waals surface area contributed by atoms with E-state index in [4.69, 9.17) is 5.73 Å². The highest BCUT2D eigenvalue weighted by Crippen LogP contribution is 2.08. The SMILES string of the molecule is NC(=O)C1CN(C(=O)Nc2ccccc2)CCN1. The zero-order chi connectivity index (χ0) is 13.0. The van der Waals surface area contributed by atoms with Gasteiger partial charge in [-0.15, -0.1) is 0 Å². The first-order valence-electron chi connectivity index (χ1n) is 5.80. The van der Waals surface area contributed by atoms with Crippen LogP contribution in [0.4, 0.5) is 10.5 Å². The van der Waals surface area contributed by atoms with E-state index in [2.05, 4.69) is 10.6 Å². The monoisotopic (exact) mass is 248 g/mol. The predicted molar refractivity (Wildman–Crippen MR) is 68.0 cm³/mol. The van der Waals surface area contributed by atoms with E-state index in [1.165, 1.54) is 0 Å². The van der Waals surface area contributed by atoms with Crippen LogP contribution in [-0.4, -0.2) is 42.5 Å². The van der Waals surface area contributed by atoms with Gasteiger partial charge in [-0.2, -0.15) is 0 Å². The van der Waals surface area contributed by atoms with Gasteiger partial charge in [0.2, 0.25) is 5.91 Å². The first-order chi connectivity index (χ1) is 8.66. The normalized spacial score (nSPS) is 19.3. The molecule has 1 aromatic carbocycles. The maximum absolute atomic E-state index is 12.0. The molecule has 1 saturated heterocycles. The van der Waals surface area contributed by atoms with E-state index in [0.717, 1.165) is 5.69 Å². The highest BCUT2D eigenvalue weighted by Gasteiger charge is 2.26. The Balaban J connectivity index is 1.95. The van der Waals surface area contributed by atoms with Crippen molar-refractivity contribution in [1.82, 2.24) is 10.2 Å². The van der Waals surface area contributed by atoms with Gasteiger partial charge in [-0.25, -0.2) is 4.79 Å². The van der Waals surface area contributed by atoms with Crippen molar-refractivity contribution in [2.75, 3.05) is 25.0 Å². The van der Waals surface area contributed by atoms with Crippen LogP contribution in [0.5, 0.6) is 0 Å². The molecule has 1 aliphatic heterocycles. The molecule has 18 heavy (non-hydrogen) atoms. The van der Waals surface area contributed by atoms with Crippen LogP contribution in [0.25, 0.3) is 0 Å². The first-order valence-corrected chi connectivity index (χ1v) is 5.80. The number of anilines is 1. The summed E-state index contributed by atoms with van der Waals surface area (Å²) < 4.78 is 0. The van der Waals surface area contributed by atoms with Crippen LogP contribution < -0.4 is 16.4 Å². The zero-order valence-corrected chi connectivity index (χ0v) is 9.93. The number of carbonyl (C=O) groups excluding carboxylic acids is 2. The van der Waals surface area contributed by atoms with Gasteiger partial charge in [0, 0.05) is 25.3 Å². The third-order valence-corrected chi connectivity index (χ3v) is 2.83. The van der Waals surface area contributed by atoms with E-state index in [-0.39, 0.29) is 6.03 Å². The fourth-order valence-corrected chi connectivity index (χ4v) is 1.85. The van der Waals surface area contributed by atoms with E-state index < -0.39 is 11.9 Å². The third kappa shape index (κ3) is 2.98. The Kier molecular flexibility index (Phi) is 3.78. The lowest BCUT2D eigenvalue weighted by Gasteiger charge is -2.32. The van der Waals surface area contributed by atoms with Crippen LogP contribution in [0, 0.1) is 0 Å². The molecular weight excluding hydrogens is 232 g/mol. The number of carbonyl (C=O) groups is 2. The minimum atomic E-state index is -0.472. The molecule has 4 N–H and O–H groups in total. The topological polar surface area (TPSA) is 87.5 Å². The minimum absolute atomic E-state index is 0.214. The quantitative estimate of drug-likeness (QED) is 0.687.